The van der Waals surface area contributed by atoms with Gasteiger partial charge in [0.1, 0.15) is 0 Å². The van der Waals surface area contributed by atoms with Crippen molar-refractivity contribution in [3.8, 4) is 17.2 Å². The summed E-state index contributed by atoms with van der Waals surface area (Å²) in [5.74, 6) is 2.07. The fourth-order valence-electron chi connectivity index (χ4n) is 3.77. The van der Waals surface area contributed by atoms with Crippen molar-refractivity contribution in [2.24, 2.45) is 0 Å². The lowest BCUT2D eigenvalue weighted by Crippen LogP contribution is -2.48. The van der Waals surface area contributed by atoms with Gasteiger partial charge in [-0.3, -0.25) is 9.69 Å². The largest absolute Gasteiger partial charge is 0.493 e. The van der Waals surface area contributed by atoms with E-state index < -0.39 is 0 Å². The van der Waals surface area contributed by atoms with Gasteiger partial charge in [0, 0.05) is 43.9 Å². The normalized spacial score (nSPS) is 14.6. The predicted octanol–water partition coefficient (Wildman–Crippen LogP) is 3.29. The predicted molar refractivity (Wildman–Crippen MR) is 113 cm³/mol. The molecule has 0 radical (unpaired) electrons. The average Bonchev–Trinajstić information content (AvgIpc) is 2.75. The lowest BCUT2D eigenvalue weighted by Gasteiger charge is -2.35. The molecule has 0 aromatic heterocycles. The zero-order valence-corrected chi connectivity index (χ0v) is 17.9. The van der Waals surface area contributed by atoms with Crippen LogP contribution in [-0.2, 0) is 6.54 Å². The summed E-state index contributed by atoms with van der Waals surface area (Å²) in [6, 6.07) is 9.95. The summed E-state index contributed by atoms with van der Waals surface area (Å²) in [5, 5.41) is 0. The Balaban J connectivity index is 1.67. The lowest BCUT2D eigenvalue weighted by molar-refractivity contribution is 0.0626. The molecule has 1 aliphatic heterocycles. The quantitative estimate of drug-likeness (QED) is 0.747. The van der Waals surface area contributed by atoms with Gasteiger partial charge in [-0.1, -0.05) is 23.8 Å². The molecule has 1 fully saturated rings. The maximum atomic E-state index is 12.9. The number of ether oxygens (including phenoxy) is 3. The van der Waals surface area contributed by atoms with Gasteiger partial charge in [-0.2, -0.15) is 0 Å². The molecule has 0 N–H and O–H groups in total. The van der Waals surface area contributed by atoms with Crippen LogP contribution in [0.15, 0.2) is 30.3 Å². The van der Waals surface area contributed by atoms with Gasteiger partial charge in [0.05, 0.1) is 21.3 Å². The molecule has 0 aliphatic carbocycles. The third-order valence-corrected chi connectivity index (χ3v) is 5.46. The monoisotopic (exact) mass is 398 g/mol. The van der Waals surface area contributed by atoms with E-state index in [1.807, 2.05) is 49.1 Å². The average molecular weight is 399 g/mol. The van der Waals surface area contributed by atoms with Crippen LogP contribution in [0.5, 0.6) is 17.2 Å². The first-order valence-corrected chi connectivity index (χ1v) is 9.85. The van der Waals surface area contributed by atoms with E-state index in [1.165, 1.54) is 0 Å². The molecule has 1 heterocycles. The third kappa shape index (κ3) is 4.48. The minimum Gasteiger partial charge on any atom is -0.493 e. The molecule has 156 valence electrons. The number of carbonyl (C=O) groups excluding carboxylic acids is 1. The molecule has 1 amide bonds. The standard InChI is InChI=1S/C23H30N2O4/c1-16-6-7-17(2)19(14-16)23(26)25-12-10-24(11-13-25)15-18-8-9-20(27-3)22(29-5)21(18)28-4/h6-9,14H,10-13,15H2,1-5H3. The topological polar surface area (TPSA) is 51.2 Å². The molecule has 0 atom stereocenters. The highest BCUT2D eigenvalue weighted by Crippen LogP contribution is 2.40. The second kappa shape index (κ2) is 9.18. The Morgan fingerprint density at radius 2 is 1.59 bits per heavy atom. The summed E-state index contributed by atoms with van der Waals surface area (Å²) >= 11 is 0. The third-order valence-electron chi connectivity index (χ3n) is 5.46. The number of piperazine rings is 1. The SMILES string of the molecule is COc1ccc(CN2CCN(C(=O)c3cc(C)ccc3C)CC2)c(OC)c1OC. The van der Waals surface area contributed by atoms with Gasteiger partial charge in [-0.15, -0.1) is 0 Å². The minimum atomic E-state index is 0.120. The molecular weight excluding hydrogens is 368 g/mol. The Morgan fingerprint density at radius 1 is 0.897 bits per heavy atom. The number of benzene rings is 2. The molecule has 29 heavy (non-hydrogen) atoms. The van der Waals surface area contributed by atoms with Crippen LogP contribution in [0.4, 0.5) is 0 Å². The van der Waals surface area contributed by atoms with Crippen LogP contribution < -0.4 is 14.2 Å². The zero-order valence-electron chi connectivity index (χ0n) is 17.9. The molecular formula is C23H30N2O4. The Hall–Kier alpha value is -2.73. The molecule has 6 heteroatoms. The van der Waals surface area contributed by atoms with Crippen LogP contribution in [0.1, 0.15) is 27.0 Å². The van der Waals surface area contributed by atoms with E-state index in [2.05, 4.69) is 4.90 Å². The van der Waals surface area contributed by atoms with Crippen molar-refractivity contribution in [1.29, 1.82) is 0 Å². The van der Waals surface area contributed by atoms with Gasteiger partial charge in [0.2, 0.25) is 5.75 Å². The van der Waals surface area contributed by atoms with Gasteiger partial charge in [-0.25, -0.2) is 0 Å². The highest BCUT2D eigenvalue weighted by Gasteiger charge is 2.25. The fourth-order valence-corrected chi connectivity index (χ4v) is 3.77. The van der Waals surface area contributed by atoms with Crippen LogP contribution >= 0.6 is 0 Å². The molecule has 6 nitrogen and oxygen atoms in total. The smallest absolute Gasteiger partial charge is 0.254 e. The van der Waals surface area contributed by atoms with Gasteiger partial charge in [0.25, 0.3) is 5.91 Å². The van der Waals surface area contributed by atoms with E-state index >= 15 is 0 Å². The summed E-state index contributed by atoms with van der Waals surface area (Å²) < 4.78 is 16.4. The van der Waals surface area contributed by atoms with Crippen LogP contribution in [-0.4, -0.2) is 63.2 Å². The Bertz CT molecular complexity index is 873. The molecule has 0 bridgehead atoms. The second-order valence-electron chi connectivity index (χ2n) is 7.38. The van der Waals surface area contributed by atoms with Crippen LogP contribution in [0.25, 0.3) is 0 Å². The number of rotatable bonds is 6. The highest BCUT2D eigenvalue weighted by molar-refractivity contribution is 5.95. The maximum absolute atomic E-state index is 12.9. The maximum Gasteiger partial charge on any atom is 0.254 e. The van der Waals surface area contributed by atoms with Crippen molar-refractivity contribution in [3.63, 3.8) is 0 Å². The number of amides is 1. The number of aryl methyl sites for hydroxylation is 2. The van der Waals surface area contributed by atoms with Crippen molar-refractivity contribution < 1.29 is 19.0 Å². The van der Waals surface area contributed by atoms with E-state index in [0.717, 1.165) is 41.9 Å². The molecule has 0 saturated carbocycles. The minimum absolute atomic E-state index is 0.120. The first-order valence-electron chi connectivity index (χ1n) is 9.85. The molecule has 2 aromatic carbocycles. The molecule has 3 rings (SSSR count). The number of hydrogen-bond acceptors (Lipinski definition) is 5. The Morgan fingerprint density at radius 3 is 2.21 bits per heavy atom. The van der Waals surface area contributed by atoms with Crippen LogP contribution in [0, 0.1) is 13.8 Å². The number of carbonyl (C=O) groups is 1. The molecule has 0 spiro atoms. The number of hydrogen-bond donors (Lipinski definition) is 0. The van der Waals surface area contributed by atoms with Gasteiger partial charge < -0.3 is 19.1 Å². The first-order chi connectivity index (χ1) is 14.0. The van der Waals surface area contributed by atoms with Crippen LogP contribution in [0.2, 0.25) is 0 Å². The summed E-state index contributed by atoms with van der Waals surface area (Å²) in [6.45, 7) is 7.79. The molecule has 0 unspecified atom stereocenters. The van der Waals surface area contributed by atoms with E-state index in [-0.39, 0.29) is 5.91 Å². The van der Waals surface area contributed by atoms with Crippen molar-refractivity contribution in [2.75, 3.05) is 47.5 Å². The summed E-state index contributed by atoms with van der Waals surface area (Å²) in [5.41, 5.74) is 3.98. The van der Waals surface area contributed by atoms with Crippen molar-refractivity contribution in [2.45, 2.75) is 20.4 Å². The van der Waals surface area contributed by atoms with Gasteiger partial charge in [0.15, 0.2) is 11.5 Å². The van der Waals surface area contributed by atoms with Crippen LogP contribution in [0.3, 0.4) is 0 Å². The van der Waals surface area contributed by atoms with E-state index in [1.54, 1.807) is 21.3 Å². The lowest BCUT2D eigenvalue weighted by atomic mass is 10.0. The van der Waals surface area contributed by atoms with E-state index in [4.69, 9.17) is 14.2 Å². The zero-order chi connectivity index (χ0) is 21.0. The highest BCUT2D eigenvalue weighted by atomic mass is 16.5. The van der Waals surface area contributed by atoms with Crippen molar-refractivity contribution in [1.82, 2.24) is 9.80 Å². The van der Waals surface area contributed by atoms with Gasteiger partial charge in [-0.05, 0) is 31.5 Å². The Labute approximate surface area is 173 Å². The summed E-state index contributed by atoms with van der Waals surface area (Å²) in [7, 11) is 4.87. The van der Waals surface area contributed by atoms with E-state index in [9.17, 15) is 4.79 Å². The second-order valence-corrected chi connectivity index (χ2v) is 7.38. The fraction of sp³-hybridized carbons (Fsp3) is 0.435. The Kier molecular flexibility index (Phi) is 6.64. The molecule has 2 aromatic rings. The number of nitrogens with zero attached hydrogens (tertiary/aromatic N) is 2. The van der Waals surface area contributed by atoms with Crippen molar-refractivity contribution >= 4 is 5.91 Å². The summed E-state index contributed by atoms with van der Waals surface area (Å²) in [6.07, 6.45) is 0. The van der Waals surface area contributed by atoms with Gasteiger partial charge >= 0.3 is 0 Å². The molecule has 1 saturated heterocycles. The first kappa shape index (κ1) is 21.0. The van der Waals surface area contributed by atoms with Crippen molar-refractivity contribution in [3.05, 3.63) is 52.6 Å². The molecule has 1 aliphatic rings. The summed E-state index contributed by atoms with van der Waals surface area (Å²) in [4.78, 5) is 17.2. The van der Waals surface area contributed by atoms with E-state index in [0.29, 0.717) is 30.3 Å². The number of methoxy groups -OCH3 is 3.